The first kappa shape index (κ1) is 22.7. The lowest BCUT2D eigenvalue weighted by Gasteiger charge is -2.37. The first-order valence-corrected chi connectivity index (χ1v) is 11.6. The summed E-state index contributed by atoms with van der Waals surface area (Å²) in [5.41, 5.74) is 2.23. The summed E-state index contributed by atoms with van der Waals surface area (Å²) < 4.78 is 28.9. The van der Waals surface area contributed by atoms with E-state index in [2.05, 4.69) is 29.0 Å². The van der Waals surface area contributed by atoms with Gasteiger partial charge in [0, 0.05) is 24.8 Å². The summed E-state index contributed by atoms with van der Waals surface area (Å²) in [6, 6.07) is 9.09. The molecule has 0 saturated heterocycles. The van der Waals surface area contributed by atoms with Crippen LogP contribution < -0.4 is 0 Å². The monoisotopic (exact) mass is 463 g/mol. The summed E-state index contributed by atoms with van der Waals surface area (Å²) in [4.78, 5) is 17.5. The number of carbonyl (C=O) groups excluding carboxylic acids is 1. The Bertz CT molecular complexity index is 1270. The van der Waals surface area contributed by atoms with E-state index in [1.165, 1.54) is 18.2 Å². The minimum Gasteiger partial charge on any atom is -0.396 e. The van der Waals surface area contributed by atoms with Crippen LogP contribution >= 0.6 is 0 Å². The Morgan fingerprint density at radius 1 is 1.18 bits per heavy atom. The van der Waals surface area contributed by atoms with Gasteiger partial charge in [0.15, 0.2) is 5.78 Å². The number of rotatable bonds is 6. The number of nitrogens with zero attached hydrogens (tertiary/aromatic N) is 3. The number of hydrogen-bond acceptors (Lipinski definition) is 5. The zero-order valence-electron chi connectivity index (χ0n) is 19.5. The number of aliphatic hydroxyl groups is 1. The van der Waals surface area contributed by atoms with E-state index in [1.54, 1.807) is 18.3 Å². The van der Waals surface area contributed by atoms with Crippen LogP contribution in [0, 0.1) is 23.0 Å². The zero-order chi connectivity index (χ0) is 24.3. The number of halogens is 2. The standard InChI is InChI=1S/C27H27F2N3O2/c1-15(14-33)11-22(34)16-8-10-30-23(12-16)27-9-7-18(26(27,2)3)17-13-21(31-32-25(17)27)24-19(28)5-4-6-20(24)29/h4-6,8,10,12-13,15,18,33H,7,9,11,14H2,1-3H3/t15-,18-,27-/m0/s1. The lowest BCUT2D eigenvalue weighted by Crippen LogP contribution is -2.38. The molecule has 1 N–H and O–H groups in total. The van der Waals surface area contributed by atoms with Gasteiger partial charge in [-0.1, -0.05) is 26.8 Å². The van der Waals surface area contributed by atoms with Gasteiger partial charge in [0.2, 0.25) is 0 Å². The van der Waals surface area contributed by atoms with E-state index < -0.39 is 17.0 Å². The van der Waals surface area contributed by atoms with Crippen molar-refractivity contribution in [1.29, 1.82) is 0 Å². The molecule has 1 saturated carbocycles. The van der Waals surface area contributed by atoms with Gasteiger partial charge in [0.05, 0.1) is 28.1 Å². The van der Waals surface area contributed by atoms with Crippen LogP contribution in [0.4, 0.5) is 8.78 Å². The first-order chi connectivity index (χ1) is 16.2. The van der Waals surface area contributed by atoms with E-state index >= 15 is 0 Å². The molecule has 2 aliphatic carbocycles. The lowest BCUT2D eigenvalue weighted by molar-refractivity contribution is 0.0943. The van der Waals surface area contributed by atoms with Gasteiger partial charge in [-0.2, -0.15) is 5.10 Å². The number of fused-ring (bicyclic) bond motifs is 5. The zero-order valence-corrected chi connectivity index (χ0v) is 19.5. The van der Waals surface area contributed by atoms with Crippen molar-refractivity contribution < 1.29 is 18.7 Å². The molecule has 2 bridgehead atoms. The van der Waals surface area contributed by atoms with Crippen LogP contribution in [0.15, 0.2) is 42.6 Å². The largest absolute Gasteiger partial charge is 0.396 e. The number of benzene rings is 1. The molecule has 0 unspecified atom stereocenters. The van der Waals surface area contributed by atoms with E-state index in [1.807, 2.05) is 13.0 Å². The van der Waals surface area contributed by atoms with E-state index in [-0.39, 0.29) is 47.3 Å². The van der Waals surface area contributed by atoms with Crippen LogP contribution in [0.5, 0.6) is 0 Å². The third-order valence-corrected chi connectivity index (χ3v) is 7.97. The van der Waals surface area contributed by atoms with Gasteiger partial charge in [-0.3, -0.25) is 9.78 Å². The van der Waals surface area contributed by atoms with Crippen molar-refractivity contribution in [2.24, 2.45) is 11.3 Å². The average molecular weight is 464 g/mol. The maximum atomic E-state index is 14.4. The Labute approximate surface area is 197 Å². The fraction of sp³-hybridized carbons (Fsp3) is 0.407. The molecule has 0 radical (unpaired) electrons. The summed E-state index contributed by atoms with van der Waals surface area (Å²) >= 11 is 0. The van der Waals surface area contributed by atoms with Crippen LogP contribution in [-0.4, -0.2) is 32.7 Å². The van der Waals surface area contributed by atoms with Crippen molar-refractivity contribution in [3.05, 3.63) is 76.7 Å². The van der Waals surface area contributed by atoms with Crippen LogP contribution in [0.2, 0.25) is 0 Å². The van der Waals surface area contributed by atoms with Gasteiger partial charge < -0.3 is 5.11 Å². The molecule has 1 aromatic carbocycles. The minimum absolute atomic E-state index is 0.0383. The van der Waals surface area contributed by atoms with Crippen molar-refractivity contribution in [1.82, 2.24) is 15.2 Å². The minimum atomic E-state index is -0.670. The molecule has 2 heterocycles. The van der Waals surface area contributed by atoms with Crippen LogP contribution in [0.3, 0.4) is 0 Å². The van der Waals surface area contributed by atoms with Gasteiger partial charge in [-0.25, -0.2) is 8.78 Å². The van der Waals surface area contributed by atoms with Gasteiger partial charge in [-0.15, -0.1) is 5.10 Å². The number of aromatic nitrogens is 3. The normalized spacial score (nSPS) is 23.1. The molecule has 0 spiro atoms. The number of aliphatic hydroxyl groups excluding tert-OH is 1. The first-order valence-electron chi connectivity index (χ1n) is 11.6. The lowest BCUT2D eigenvalue weighted by atomic mass is 9.66. The molecule has 3 atom stereocenters. The van der Waals surface area contributed by atoms with Gasteiger partial charge >= 0.3 is 0 Å². The molecule has 0 aliphatic heterocycles. The summed E-state index contributed by atoms with van der Waals surface area (Å²) in [5, 5.41) is 18.1. The number of ketones is 1. The molecular weight excluding hydrogens is 436 g/mol. The highest BCUT2D eigenvalue weighted by atomic mass is 19.1. The van der Waals surface area contributed by atoms with Crippen molar-refractivity contribution >= 4 is 5.78 Å². The highest BCUT2D eigenvalue weighted by molar-refractivity contribution is 5.96. The highest BCUT2D eigenvalue weighted by Crippen LogP contribution is 2.69. The third kappa shape index (κ3) is 3.13. The molecule has 0 amide bonds. The predicted octanol–water partition coefficient (Wildman–Crippen LogP) is 5.22. The van der Waals surface area contributed by atoms with E-state index in [0.717, 1.165) is 29.8 Å². The fourth-order valence-electron chi connectivity index (χ4n) is 6.09. The van der Waals surface area contributed by atoms with Crippen molar-refractivity contribution in [2.75, 3.05) is 6.61 Å². The molecule has 2 aromatic heterocycles. The molecule has 3 aromatic rings. The average Bonchev–Trinajstić information content (AvgIpc) is 3.20. The SMILES string of the molecule is C[C@H](CO)CC(=O)c1ccnc([C@@]23CC[C@@H](c4cc(-c5c(F)cccc5F)nnc42)C3(C)C)c1. The summed E-state index contributed by atoms with van der Waals surface area (Å²) in [5.74, 6) is -1.37. The van der Waals surface area contributed by atoms with Crippen LogP contribution in [0.1, 0.15) is 73.3 Å². The molecule has 7 heteroatoms. The Kier molecular flexibility index (Phi) is 5.35. The molecule has 2 aliphatic rings. The Hall–Kier alpha value is -3.06. The third-order valence-electron chi connectivity index (χ3n) is 7.97. The number of carbonyl (C=O) groups is 1. The predicted molar refractivity (Wildman–Crippen MR) is 123 cm³/mol. The Morgan fingerprint density at radius 3 is 2.62 bits per heavy atom. The maximum Gasteiger partial charge on any atom is 0.163 e. The maximum absolute atomic E-state index is 14.4. The number of hydrogen-bond donors (Lipinski definition) is 1. The van der Waals surface area contributed by atoms with E-state index in [0.29, 0.717) is 5.56 Å². The molecular formula is C27H27F2N3O2. The molecule has 1 fully saturated rings. The molecule has 5 nitrogen and oxygen atoms in total. The second kappa shape index (κ2) is 8.01. The van der Waals surface area contributed by atoms with Crippen LogP contribution in [0.25, 0.3) is 11.3 Å². The molecule has 34 heavy (non-hydrogen) atoms. The summed E-state index contributed by atoms with van der Waals surface area (Å²) in [7, 11) is 0. The highest BCUT2D eigenvalue weighted by Gasteiger charge is 2.65. The number of pyridine rings is 1. The van der Waals surface area contributed by atoms with E-state index in [9.17, 15) is 18.7 Å². The van der Waals surface area contributed by atoms with Gasteiger partial charge in [-0.05, 0) is 66.0 Å². The number of Topliss-reactive ketones (excluding diaryl/α,β-unsaturated/α-hetero) is 1. The van der Waals surface area contributed by atoms with E-state index in [4.69, 9.17) is 0 Å². The van der Waals surface area contributed by atoms with Crippen LogP contribution in [-0.2, 0) is 5.41 Å². The Morgan fingerprint density at radius 2 is 1.91 bits per heavy atom. The Balaban J connectivity index is 1.62. The second-order valence-corrected chi connectivity index (χ2v) is 10.2. The van der Waals surface area contributed by atoms with Crippen molar-refractivity contribution in [3.8, 4) is 11.3 Å². The second-order valence-electron chi connectivity index (χ2n) is 10.2. The van der Waals surface area contributed by atoms with Crippen molar-refractivity contribution in [3.63, 3.8) is 0 Å². The summed E-state index contributed by atoms with van der Waals surface area (Å²) in [6.07, 6.45) is 3.59. The van der Waals surface area contributed by atoms with Gasteiger partial charge in [0.1, 0.15) is 11.6 Å². The molecule has 5 rings (SSSR count). The topological polar surface area (TPSA) is 76.0 Å². The summed E-state index contributed by atoms with van der Waals surface area (Å²) in [6.45, 7) is 6.12. The smallest absolute Gasteiger partial charge is 0.163 e. The fourth-order valence-corrected chi connectivity index (χ4v) is 6.09. The molecule has 176 valence electrons. The quantitative estimate of drug-likeness (QED) is 0.507. The van der Waals surface area contributed by atoms with Gasteiger partial charge in [0.25, 0.3) is 0 Å². The van der Waals surface area contributed by atoms with Crippen molar-refractivity contribution in [2.45, 2.75) is 51.4 Å².